The van der Waals surface area contributed by atoms with E-state index in [1.54, 1.807) is 19.1 Å². The van der Waals surface area contributed by atoms with Crippen LogP contribution >= 0.6 is 36.4 Å². The number of nitrogens with zero attached hydrogens (tertiary/aromatic N) is 2. The van der Waals surface area contributed by atoms with Crippen LogP contribution in [-0.4, -0.2) is 29.1 Å². The minimum Gasteiger partial charge on any atom is -0.489 e. The maximum absolute atomic E-state index is 12.8. The number of pyridine rings is 1. The number of carbonyl (C=O) groups excluding carboxylic acids is 1. The number of nitrogens with two attached hydrogens (primary N) is 1. The van der Waals surface area contributed by atoms with Gasteiger partial charge < -0.3 is 24.9 Å². The first kappa shape index (κ1) is 29.6. The summed E-state index contributed by atoms with van der Waals surface area (Å²) in [5.74, 6) is 0.241. The second-order valence-electron chi connectivity index (χ2n) is 7.97. The maximum Gasteiger partial charge on any atom is 0.387 e. The van der Waals surface area contributed by atoms with Crippen LogP contribution in [0.1, 0.15) is 47.7 Å². The van der Waals surface area contributed by atoms with E-state index in [1.165, 1.54) is 24.4 Å². The van der Waals surface area contributed by atoms with Gasteiger partial charge in [-0.1, -0.05) is 11.6 Å². The molecule has 13 heteroatoms. The largest absolute Gasteiger partial charge is 0.489 e. The van der Waals surface area contributed by atoms with Crippen molar-refractivity contribution in [3.05, 3.63) is 58.7 Å². The highest BCUT2D eigenvalue weighted by Crippen LogP contribution is 2.37. The van der Waals surface area contributed by atoms with E-state index in [9.17, 15) is 13.6 Å². The number of nitrogens with one attached hydrogen (secondary N) is 1. The number of carbonyl (C=O) groups is 1. The van der Waals surface area contributed by atoms with Crippen LogP contribution < -0.4 is 20.5 Å². The topological polar surface area (TPSA) is 113 Å². The van der Waals surface area contributed by atoms with Gasteiger partial charge in [0, 0.05) is 11.8 Å². The Bertz CT molecular complexity index is 1160. The molecule has 8 nitrogen and oxygen atoms in total. The van der Waals surface area contributed by atoms with Crippen LogP contribution in [0.15, 0.2) is 40.9 Å². The summed E-state index contributed by atoms with van der Waals surface area (Å²) in [6.45, 7) is -0.793. The Morgan fingerprint density at radius 2 is 2.00 bits per heavy atom. The molecular formula is C23H25Cl3F2N4O4. The zero-order valence-electron chi connectivity index (χ0n) is 19.1. The molecule has 0 spiro atoms. The van der Waals surface area contributed by atoms with Crippen molar-refractivity contribution in [3.63, 3.8) is 0 Å². The van der Waals surface area contributed by atoms with Crippen LogP contribution in [0.25, 0.3) is 11.5 Å². The molecule has 0 bridgehead atoms. The van der Waals surface area contributed by atoms with Gasteiger partial charge in [-0.3, -0.25) is 9.78 Å². The molecule has 3 N–H and O–H groups in total. The summed E-state index contributed by atoms with van der Waals surface area (Å²) in [4.78, 5) is 21.3. The summed E-state index contributed by atoms with van der Waals surface area (Å²) in [5.41, 5.74) is 7.05. The van der Waals surface area contributed by atoms with Gasteiger partial charge in [-0.05, 0) is 56.0 Å². The fraction of sp³-hybridized carbons (Fsp3) is 0.348. The van der Waals surface area contributed by atoms with E-state index in [1.807, 2.05) is 0 Å². The molecule has 2 aromatic heterocycles. The molecule has 1 aromatic carbocycles. The first-order chi connectivity index (χ1) is 16.3. The number of hydrogen-bond acceptors (Lipinski definition) is 7. The summed E-state index contributed by atoms with van der Waals surface area (Å²) >= 11 is 5.83. The Morgan fingerprint density at radius 1 is 1.25 bits per heavy atom. The Kier molecular flexibility index (Phi) is 10.7. The van der Waals surface area contributed by atoms with Gasteiger partial charge in [0.05, 0.1) is 29.9 Å². The number of alkyl halides is 2. The molecule has 1 atom stereocenters. The number of amides is 1. The van der Waals surface area contributed by atoms with E-state index in [0.717, 1.165) is 12.8 Å². The van der Waals surface area contributed by atoms with Crippen molar-refractivity contribution in [2.45, 2.75) is 39.0 Å². The molecule has 196 valence electrons. The number of halogens is 5. The van der Waals surface area contributed by atoms with Crippen molar-refractivity contribution in [3.8, 4) is 23.0 Å². The molecule has 4 rings (SSSR count). The minimum absolute atomic E-state index is 0. The Hall–Kier alpha value is -2.66. The monoisotopic (exact) mass is 564 g/mol. The van der Waals surface area contributed by atoms with Gasteiger partial charge in [-0.25, -0.2) is 4.98 Å². The molecular weight excluding hydrogens is 541 g/mol. The number of benzene rings is 1. The van der Waals surface area contributed by atoms with E-state index in [2.05, 4.69) is 20.0 Å². The average molecular weight is 566 g/mol. The highest BCUT2D eigenvalue weighted by atomic mass is 35.5. The van der Waals surface area contributed by atoms with Crippen LogP contribution in [0, 0.1) is 5.92 Å². The first-order valence-corrected chi connectivity index (χ1v) is 11.0. The normalized spacial score (nSPS) is 13.4. The molecule has 1 unspecified atom stereocenters. The minimum atomic E-state index is -2.99. The second kappa shape index (κ2) is 13.0. The number of rotatable bonds is 10. The van der Waals surface area contributed by atoms with Crippen molar-refractivity contribution >= 4 is 42.3 Å². The fourth-order valence-electron chi connectivity index (χ4n) is 3.13. The lowest BCUT2D eigenvalue weighted by Crippen LogP contribution is -2.25. The highest BCUT2D eigenvalue weighted by Gasteiger charge is 2.26. The van der Waals surface area contributed by atoms with E-state index in [0.29, 0.717) is 28.8 Å². The van der Waals surface area contributed by atoms with E-state index >= 15 is 0 Å². The molecule has 0 saturated heterocycles. The van der Waals surface area contributed by atoms with Crippen molar-refractivity contribution in [1.82, 2.24) is 15.3 Å². The van der Waals surface area contributed by atoms with Gasteiger partial charge >= 0.3 is 6.61 Å². The molecule has 1 aliphatic carbocycles. The Balaban J connectivity index is 0.00000228. The third-order valence-electron chi connectivity index (χ3n) is 5.08. The molecule has 0 radical (unpaired) electrons. The molecule has 1 amide bonds. The zero-order valence-corrected chi connectivity index (χ0v) is 21.5. The summed E-state index contributed by atoms with van der Waals surface area (Å²) in [5, 5.41) is 3.21. The van der Waals surface area contributed by atoms with Crippen molar-refractivity contribution in [1.29, 1.82) is 0 Å². The molecule has 1 aliphatic rings. The number of hydrogen-bond donors (Lipinski definition) is 2. The smallest absolute Gasteiger partial charge is 0.387 e. The summed E-state index contributed by atoms with van der Waals surface area (Å²) < 4.78 is 41.7. The van der Waals surface area contributed by atoms with E-state index in [-0.39, 0.29) is 60.2 Å². The fourth-order valence-corrected chi connectivity index (χ4v) is 3.24. The molecule has 2 heterocycles. The second-order valence-corrected chi connectivity index (χ2v) is 8.40. The third kappa shape index (κ3) is 7.67. The first-order valence-electron chi connectivity index (χ1n) is 10.7. The SMILES string of the molecule is CC(N)c1oc(-c2ccc(OC(F)F)c(OCC3CC3)c2)nc1C(=O)NCc1ccc(Cl)cn1.Cl.Cl. The summed E-state index contributed by atoms with van der Waals surface area (Å²) in [7, 11) is 0. The van der Waals surface area contributed by atoms with Crippen LogP contribution in [-0.2, 0) is 6.54 Å². The predicted octanol–water partition coefficient (Wildman–Crippen LogP) is 5.57. The maximum atomic E-state index is 12.8. The van der Waals surface area contributed by atoms with Crippen molar-refractivity contribution in [2.75, 3.05) is 6.61 Å². The van der Waals surface area contributed by atoms with Crippen molar-refractivity contribution in [2.24, 2.45) is 11.7 Å². The lowest BCUT2D eigenvalue weighted by Gasteiger charge is -2.12. The Morgan fingerprint density at radius 3 is 2.61 bits per heavy atom. The standard InChI is InChI=1S/C23H23ClF2N4O4.2ClH/c1-12(27)20-19(21(31)29-10-16-6-5-15(24)9-28-16)30-22(34-20)14-4-7-17(33-23(25)26)18(8-14)32-11-13-2-3-13;;/h4-9,12-13,23H,2-3,10-11,27H2,1H3,(H,29,31);2*1H. The number of ether oxygens (including phenoxy) is 2. The molecule has 0 aliphatic heterocycles. The van der Waals surface area contributed by atoms with Gasteiger partial charge in [0.15, 0.2) is 23.0 Å². The van der Waals surface area contributed by atoms with Gasteiger partial charge in [0.2, 0.25) is 5.89 Å². The number of aromatic nitrogens is 2. The molecule has 3 aromatic rings. The van der Waals surface area contributed by atoms with E-state index in [4.69, 9.17) is 26.5 Å². The van der Waals surface area contributed by atoms with Crippen molar-refractivity contribution < 1.29 is 27.5 Å². The average Bonchev–Trinajstić information content (AvgIpc) is 3.52. The lowest BCUT2D eigenvalue weighted by atomic mass is 10.2. The summed E-state index contributed by atoms with van der Waals surface area (Å²) in [6, 6.07) is 7.08. The zero-order chi connectivity index (χ0) is 24.2. The van der Waals surface area contributed by atoms with Crippen LogP contribution in [0.5, 0.6) is 11.5 Å². The third-order valence-corrected chi connectivity index (χ3v) is 5.30. The molecule has 1 saturated carbocycles. The number of oxazole rings is 1. The Labute approximate surface area is 223 Å². The van der Waals surface area contributed by atoms with Crippen LogP contribution in [0.4, 0.5) is 8.78 Å². The van der Waals surface area contributed by atoms with Gasteiger partial charge in [-0.2, -0.15) is 8.78 Å². The molecule has 1 fully saturated rings. The molecule has 36 heavy (non-hydrogen) atoms. The quantitative estimate of drug-likeness (QED) is 0.330. The van der Waals surface area contributed by atoms with Gasteiger partial charge in [-0.15, -0.1) is 24.8 Å². The van der Waals surface area contributed by atoms with Gasteiger partial charge in [0.25, 0.3) is 5.91 Å². The summed E-state index contributed by atoms with van der Waals surface area (Å²) in [6.07, 6.45) is 3.55. The highest BCUT2D eigenvalue weighted by molar-refractivity contribution is 6.30. The predicted molar refractivity (Wildman–Crippen MR) is 134 cm³/mol. The van der Waals surface area contributed by atoms with Crippen LogP contribution in [0.2, 0.25) is 5.02 Å². The van der Waals surface area contributed by atoms with Crippen LogP contribution in [0.3, 0.4) is 0 Å². The lowest BCUT2D eigenvalue weighted by molar-refractivity contribution is -0.0515. The van der Waals surface area contributed by atoms with E-state index < -0.39 is 18.6 Å². The van der Waals surface area contributed by atoms with Gasteiger partial charge in [0.1, 0.15) is 0 Å².